The summed E-state index contributed by atoms with van der Waals surface area (Å²) < 4.78 is 16.6. The predicted octanol–water partition coefficient (Wildman–Crippen LogP) is -0.809. The highest BCUT2D eigenvalue weighted by Gasteiger charge is 2.40. The van der Waals surface area contributed by atoms with Crippen LogP contribution in [0.1, 0.15) is 32.2 Å². The molecule has 0 aromatic carbocycles. The minimum atomic E-state index is -0.950. The van der Waals surface area contributed by atoms with Crippen molar-refractivity contribution < 1.29 is 23.8 Å². The minimum Gasteiger partial charge on any atom is -0.463 e. The molecule has 0 amide bonds. The molecular formula is C14H15N3O7. The molecule has 0 saturated carbocycles. The zero-order chi connectivity index (χ0) is 17.9. The number of carbonyl (C=O) groups is 2. The Morgan fingerprint density at radius 1 is 1.42 bits per heavy atom. The van der Waals surface area contributed by atoms with Crippen LogP contribution in [0.2, 0.25) is 0 Å². The molecule has 2 rings (SSSR count). The lowest BCUT2D eigenvalue weighted by Gasteiger charge is -2.17. The van der Waals surface area contributed by atoms with Crippen LogP contribution in [0.3, 0.4) is 0 Å². The maximum Gasteiger partial charge on any atom is 0.331 e. The molecule has 1 aromatic heterocycles. The monoisotopic (exact) mass is 337 g/mol. The molecule has 0 spiro atoms. The van der Waals surface area contributed by atoms with Gasteiger partial charge in [-0.3, -0.25) is 23.9 Å². The van der Waals surface area contributed by atoms with E-state index in [1.807, 2.05) is 4.98 Å². The summed E-state index contributed by atoms with van der Waals surface area (Å²) in [4.78, 5) is 47.5. The van der Waals surface area contributed by atoms with Crippen LogP contribution in [0.15, 0.2) is 15.7 Å². The zero-order valence-corrected chi connectivity index (χ0v) is 13.0. The summed E-state index contributed by atoms with van der Waals surface area (Å²) in [6, 6.07) is 2.71. The molecule has 1 aliphatic rings. The number of nitriles is 1. The van der Waals surface area contributed by atoms with E-state index in [9.17, 15) is 19.2 Å². The smallest absolute Gasteiger partial charge is 0.331 e. The molecule has 1 saturated heterocycles. The Labute approximate surface area is 135 Å². The molecule has 1 aromatic rings. The van der Waals surface area contributed by atoms with Crippen molar-refractivity contribution in [1.29, 1.82) is 5.26 Å². The molecule has 128 valence electrons. The molecule has 1 N–H and O–H groups in total. The summed E-state index contributed by atoms with van der Waals surface area (Å²) in [5.74, 6) is -1.10. The molecular weight excluding hydrogens is 322 g/mol. The summed E-state index contributed by atoms with van der Waals surface area (Å²) in [6.07, 6.45) is -2.45. The maximum atomic E-state index is 12.0. The van der Waals surface area contributed by atoms with Gasteiger partial charge >= 0.3 is 17.6 Å². The first-order valence-electron chi connectivity index (χ1n) is 7.03. The molecule has 0 bridgehead atoms. The van der Waals surface area contributed by atoms with Crippen LogP contribution in [-0.4, -0.2) is 40.3 Å². The minimum absolute atomic E-state index is 0.0616. The third-order valence-electron chi connectivity index (χ3n) is 3.33. The number of hydrogen-bond acceptors (Lipinski definition) is 8. The fourth-order valence-electron chi connectivity index (χ4n) is 2.42. The molecule has 10 heteroatoms. The Hall–Kier alpha value is -2.93. The number of aromatic nitrogens is 2. The van der Waals surface area contributed by atoms with Crippen LogP contribution in [-0.2, 0) is 23.8 Å². The van der Waals surface area contributed by atoms with Crippen LogP contribution >= 0.6 is 0 Å². The number of esters is 2. The summed E-state index contributed by atoms with van der Waals surface area (Å²) in [6.45, 7) is 2.25. The van der Waals surface area contributed by atoms with Gasteiger partial charge in [0.1, 0.15) is 36.8 Å². The van der Waals surface area contributed by atoms with Gasteiger partial charge in [-0.1, -0.05) is 0 Å². The van der Waals surface area contributed by atoms with E-state index in [0.717, 1.165) is 10.6 Å². The van der Waals surface area contributed by atoms with E-state index in [4.69, 9.17) is 19.5 Å². The number of hydrogen-bond donors (Lipinski definition) is 1. The number of aromatic amines is 1. The van der Waals surface area contributed by atoms with E-state index in [2.05, 4.69) is 0 Å². The van der Waals surface area contributed by atoms with E-state index in [-0.39, 0.29) is 18.7 Å². The van der Waals surface area contributed by atoms with E-state index in [1.165, 1.54) is 13.8 Å². The van der Waals surface area contributed by atoms with Gasteiger partial charge in [-0.2, -0.15) is 5.26 Å². The first-order chi connectivity index (χ1) is 11.3. The second-order valence-electron chi connectivity index (χ2n) is 5.12. The molecule has 0 aliphatic carbocycles. The van der Waals surface area contributed by atoms with Crippen molar-refractivity contribution in [1.82, 2.24) is 9.55 Å². The molecule has 10 nitrogen and oxygen atoms in total. The average Bonchev–Trinajstić information content (AvgIpc) is 2.85. The third kappa shape index (κ3) is 3.88. The van der Waals surface area contributed by atoms with Gasteiger partial charge in [0.2, 0.25) is 0 Å². The van der Waals surface area contributed by atoms with Gasteiger partial charge in [0, 0.05) is 26.3 Å². The molecule has 3 atom stereocenters. The summed E-state index contributed by atoms with van der Waals surface area (Å²) in [7, 11) is 0. The highest BCUT2D eigenvalue weighted by atomic mass is 16.6. The van der Waals surface area contributed by atoms with Crippen LogP contribution in [0.5, 0.6) is 0 Å². The normalized spacial score (nSPS) is 22.6. The second-order valence-corrected chi connectivity index (χ2v) is 5.12. The van der Waals surface area contributed by atoms with Crippen molar-refractivity contribution in [3.05, 3.63) is 32.6 Å². The van der Waals surface area contributed by atoms with Gasteiger partial charge in [0.05, 0.1) is 0 Å². The largest absolute Gasteiger partial charge is 0.463 e. The Kier molecular flexibility index (Phi) is 5.15. The number of carbonyl (C=O) groups excluding carboxylic acids is 2. The lowest BCUT2D eigenvalue weighted by atomic mass is 10.2. The van der Waals surface area contributed by atoms with Crippen molar-refractivity contribution in [2.24, 2.45) is 0 Å². The lowest BCUT2D eigenvalue weighted by Crippen LogP contribution is -2.34. The second kappa shape index (κ2) is 7.10. The Morgan fingerprint density at radius 3 is 2.71 bits per heavy atom. The van der Waals surface area contributed by atoms with Crippen molar-refractivity contribution in [2.45, 2.75) is 38.7 Å². The van der Waals surface area contributed by atoms with Gasteiger partial charge in [0.15, 0.2) is 0 Å². The molecule has 2 heterocycles. The van der Waals surface area contributed by atoms with Gasteiger partial charge < -0.3 is 14.2 Å². The highest BCUT2D eigenvalue weighted by molar-refractivity contribution is 5.66. The van der Waals surface area contributed by atoms with Gasteiger partial charge in [-0.15, -0.1) is 0 Å². The Balaban J connectivity index is 2.31. The Morgan fingerprint density at radius 2 is 2.12 bits per heavy atom. The fourth-order valence-corrected chi connectivity index (χ4v) is 2.42. The molecule has 1 fully saturated rings. The average molecular weight is 337 g/mol. The lowest BCUT2D eigenvalue weighted by molar-refractivity contribution is -0.155. The number of nitrogens with one attached hydrogen (secondary N) is 1. The van der Waals surface area contributed by atoms with Crippen LogP contribution < -0.4 is 11.2 Å². The van der Waals surface area contributed by atoms with E-state index < -0.39 is 41.6 Å². The van der Waals surface area contributed by atoms with Crippen LogP contribution in [0.25, 0.3) is 0 Å². The maximum absolute atomic E-state index is 12.0. The third-order valence-corrected chi connectivity index (χ3v) is 3.33. The SMILES string of the molecule is CC(=O)OC[C@@H]1O[C@@H](n2c(C#N)cc(=O)[nH]c2=O)C[C@H]1OC(C)=O. The van der Waals surface area contributed by atoms with E-state index >= 15 is 0 Å². The summed E-state index contributed by atoms with van der Waals surface area (Å²) in [5, 5.41) is 9.11. The first-order valence-corrected chi connectivity index (χ1v) is 7.03. The number of ether oxygens (including phenoxy) is 3. The Bertz CT molecular complexity index is 804. The van der Waals surface area contributed by atoms with Crippen molar-refractivity contribution in [3.8, 4) is 6.07 Å². The van der Waals surface area contributed by atoms with E-state index in [1.54, 1.807) is 6.07 Å². The number of nitrogens with zero attached hydrogens (tertiary/aromatic N) is 2. The predicted molar refractivity (Wildman–Crippen MR) is 76.8 cm³/mol. The summed E-state index contributed by atoms with van der Waals surface area (Å²) >= 11 is 0. The van der Waals surface area contributed by atoms with Crippen molar-refractivity contribution in [2.75, 3.05) is 6.61 Å². The fraction of sp³-hybridized carbons (Fsp3) is 0.500. The van der Waals surface area contributed by atoms with E-state index in [0.29, 0.717) is 0 Å². The van der Waals surface area contributed by atoms with Crippen LogP contribution in [0, 0.1) is 11.3 Å². The van der Waals surface area contributed by atoms with Gasteiger partial charge in [-0.05, 0) is 0 Å². The topological polar surface area (TPSA) is 140 Å². The molecule has 24 heavy (non-hydrogen) atoms. The first kappa shape index (κ1) is 17.4. The van der Waals surface area contributed by atoms with Crippen LogP contribution in [0.4, 0.5) is 0 Å². The quantitative estimate of drug-likeness (QED) is 0.703. The van der Waals surface area contributed by atoms with Crippen molar-refractivity contribution >= 4 is 11.9 Å². The molecule has 0 unspecified atom stereocenters. The standard InChI is InChI=1S/C14H15N3O7/c1-7(18)22-6-11-10(23-8(2)19)4-13(24-11)17-9(5-15)3-12(20)16-14(17)21/h3,10-11,13H,4,6H2,1-2H3,(H,16,20,21)/t10-,11+,13-/m1/s1. The van der Waals surface area contributed by atoms with Crippen molar-refractivity contribution in [3.63, 3.8) is 0 Å². The van der Waals surface area contributed by atoms with Gasteiger partial charge in [-0.25, -0.2) is 4.79 Å². The number of H-pyrrole nitrogens is 1. The van der Waals surface area contributed by atoms with Gasteiger partial charge in [0.25, 0.3) is 5.56 Å². The zero-order valence-electron chi connectivity index (χ0n) is 13.0. The molecule has 1 aliphatic heterocycles. The number of rotatable bonds is 4. The highest BCUT2D eigenvalue weighted by Crippen LogP contribution is 2.30. The summed E-state index contributed by atoms with van der Waals surface area (Å²) in [5.41, 5.74) is -1.72. The molecule has 0 radical (unpaired) electrons.